The Balaban J connectivity index is 1.21. The van der Waals surface area contributed by atoms with Crippen molar-refractivity contribution in [3.8, 4) is 11.3 Å². The van der Waals surface area contributed by atoms with Gasteiger partial charge < -0.3 is 20.9 Å². The average Bonchev–Trinajstić information content (AvgIpc) is 3.84. The van der Waals surface area contributed by atoms with Crippen LogP contribution in [0.3, 0.4) is 0 Å². The van der Waals surface area contributed by atoms with Gasteiger partial charge >= 0.3 is 0 Å². The number of Topliss-reactive ketones (excluding diaryl/α,β-unsaturated/α-hetero) is 1. The van der Waals surface area contributed by atoms with Crippen LogP contribution in [-0.2, 0) is 19.2 Å². The van der Waals surface area contributed by atoms with E-state index in [4.69, 9.17) is 0 Å². The Bertz CT molecular complexity index is 1340. The van der Waals surface area contributed by atoms with Crippen LogP contribution in [0.15, 0.2) is 35.7 Å². The summed E-state index contributed by atoms with van der Waals surface area (Å²) in [6, 6.07) is 7.66. The summed E-state index contributed by atoms with van der Waals surface area (Å²) in [6.45, 7) is 0.918. The van der Waals surface area contributed by atoms with Gasteiger partial charge in [-0.2, -0.15) is 0 Å². The van der Waals surface area contributed by atoms with E-state index in [9.17, 15) is 24.0 Å². The van der Waals surface area contributed by atoms with Crippen LogP contribution in [0.5, 0.6) is 0 Å². The van der Waals surface area contributed by atoms with Crippen LogP contribution in [0.1, 0.15) is 61.2 Å². The molecule has 1 aromatic heterocycles. The van der Waals surface area contributed by atoms with Gasteiger partial charge in [0.05, 0.1) is 11.7 Å². The highest BCUT2D eigenvalue weighted by Gasteiger charge is 2.51. The number of amides is 4. The number of aromatic nitrogens is 1. The maximum atomic E-state index is 13.8. The molecule has 0 unspecified atom stereocenters. The molecule has 2 aliphatic carbocycles. The van der Waals surface area contributed by atoms with Gasteiger partial charge in [0.1, 0.15) is 6.04 Å². The van der Waals surface area contributed by atoms with Crippen LogP contribution in [0.4, 0.5) is 0 Å². The molecule has 11 heteroatoms. The predicted molar refractivity (Wildman–Crippen MR) is 147 cm³/mol. The van der Waals surface area contributed by atoms with Crippen molar-refractivity contribution in [1.82, 2.24) is 25.8 Å². The van der Waals surface area contributed by atoms with Crippen molar-refractivity contribution in [3.05, 3.63) is 40.7 Å². The fourth-order valence-electron chi connectivity index (χ4n) is 5.78. The van der Waals surface area contributed by atoms with Gasteiger partial charge in [0.2, 0.25) is 17.6 Å². The van der Waals surface area contributed by atoms with Crippen LogP contribution in [0, 0.1) is 11.3 Å². The summed E-state index contributed by atoms with van der Waals surface area (Å²) in [5, 5.41) is 10.4. The van der Waals surface area contributed by atoms with E-state index >= 15 is 0 Å². The molecule has 10 nitrogen and oxygen atoms in total. The van der Waals surface area contributed by atoms with E-state index in [1.54, 1.807) is 4.90 Å². The Morgan fingerprint density at radius 1 is 1.10 bits per heavy atom. The molecule has 40 heavy (non-hydrogen) atoms. The molecule has 3 atom stereocenters. The summed E-state index contributed by atoms with van der Waals surface area (Å²) in [4.78, 5) is 71.7. The molecule has 4 amide bonds. The van der Waals surface area contributed by atoms with Gasteiger partial charge in [-0.05, 0) is 56.8 Å². The number of thiazole rings is 1. The molecular weight excluding hydrogens is 530 g/mol. The highest BCUT2D eigenvalue weighted by atomic mass is 32.1. The number of carbonyl (C=O) groups is 5. The first-order valence-corrected chi connectivity index (χ1v) is 14.9. The van der Waals surface area contributed by atoms with Crippen molar-refractivity contribution in [2.75, 3.05) is 13.1 Å². The van der Waals surface area contributed by atoms with Crippen LogP contribution in [0.25, 0.3) is 11.3 Å². The standard InChI is InChI=1S/C29H33N5O5S/c35-23(26(38)31-19-6-7-19)20(14-18-8-12-30-24(18)36)32-25(37)22-15-29(9-10-29)11-13-34(22)28(39)27-33-21(16-40-27)17-4-2-1-3-5-17/h1-5,16,18-20,22H,6-15H2,(H,30,36)(H,31,38)(H,32,37)/t18-,20-,22-/m0/s1. The fourth-order valence-corrected chi connectivity index (χ4v) is 6.56. The van der Waals surface area contributed by atoms with E-state index in [1.165, 1.54) is 11.3 Å². The molecule has 2 aromatic rings. The molecule has 6 rings (SSSR count). The third-order valence-electron chi connectivity index (χ3n) is 8.62. The van der Waals surface area contributed by atoms with E-state index in [1.807, 2.05) is 35.7 Å². The van der Waals surface area contributed by atoms with Gasteiger partial charge in [0.15, 0.2) is 5.01 Å². The second kappa shape index (κ2) is 10.8. The van der Waals surface area contributed by atoms with Gasteiger partial charge in [0, 0.05) is 36.0 Å². The molecule has 210 valence electrons. The van der Waals surface area contributed by atoms with Crippen molar-refractivity contribution in [3.63, 3.8) is 0 Å². The minimum Gasteiger partial charge on any atom is -0.356 e. The number of likely N-dealkylation sites (tertiary alicyclic amines) is 1. The summed E-state index contributed by atoms with van der Waals surface area (Å²) in [6.07, 6.45) is 5.55. The number of nitrogens with zero attached hydrogens (tertiary/aromatic N) is 2. The maximum Gasteiger partial charge on any atom is 0.289 e. The van der Waals surface area contributed by atoms with E-state index < -0.39 is 35.6 Å². The van der Waals surface area contributed by atoms with Crippen molar-refractivity contribution >= 4 is 40.7 Å². The fraction of sp³-hybridized carbons (Fsp3) is 0.517. The minimum absolute atomic E-state index is 0.0113. The van der Waals surface area contributed by atoms with E-state index in [0.717, 1.165) is 37.7 Å². The quantitative estimate of drug-likeness (QED) is 0.400. The first-order chi connectivity index (χ1) is 19.3. The minimum atomic E-state index is -1.14. The first-order valence-electron chi connectivity index (χ1n) is 14.1. The van der Waals surface area contributed by atoms with Crippen LogP contribution in [-0.4, -0.2) is 70.5 Å². The SMILES string of the molecule is O=C(NC1CC1)C(=O)[C@H](C[C@@H]1CCNC1=O)NC(=O)[C@@H]1CC2(CCN1C(=O)c1nc(-c3ccccc3)cs1)CC2. The molecule has 0 bridgehead atoms. The molecule has 4 fully saturated rings. The van der Waals surface area contributed by atoms with E-state index in [-0.39, 0.29) is 29.7 Å². The Kier molecular flexibility index (Phi) is 7.16. The van der Waals surface area contributed by atoms with Crippen LogP contribution in [0.2, 0.25) is 0 Å². The van der Waals surface area contributed by atoms with Crippen molar-refractivity contribution < 1.29 is 24.0 Å². The summed E-state index contributed by atoms with van der Waals surface area (Å²) in [7, 11) is 0. The molecule has 4 aliphatic rings. The lowest BCUT2D eigenvalue weighted by Crippen LogP contribution is -2.58. The number of benzene rings is 1. The molecule has 1 spiro atoms. The van der Waals surface area contributed by atoms with Gasteiger partial charge in [-0.15, -0.1) is 11.3 Å². The average molecular weight is 564 g/mol. The lowest BCUT2D eigenvalue weighted by atomic mass is 9.87. The number of piperidine rings is 1. The Labute approximate surface area is 236 Å². The monoisotopic (exact) mass is 563 g/mol. The summed E-state index contributed by atoms with van der Waals surface area (Å²) in [5.41, 5.74) is 1.64. The van der Waals surface area contributed by atoms with E-state index in [0.29, 0.717) is 36.6 Å². The Morgan fingerprint density at radius 2 is 1.88 bits per heavy atom. The Morgan fingerprint density at radius 3 is 2.55 bits per heavy atom. The molecule has 2 saturated carbocycles. The molecule has 2 aliphatic heterocycles. The lowest BCUT2D eigenvalue weighted by Gasteiger charge is -2.39. The highest BCUT2D eigenvalue weighted by Crippen LogP contribution is 2.55. The maximum absolute atomic E-state index is 13.8. The number of hydrogen-bond acceptors (Lipinski definition) is 7. The van der Waals surface area contributed by atoms with Crippen LogP contribution < -0.4 is 16.0 Å². The number of ketones is 1. The zero-order valence-corrected chi connectivity index (χ0v) is 23.0. The molecular formula is C29H33N5O5S. The number of rotatable bonds is 9. The Hall–Kier alpha value is -3.60. The first kappa shape index (κ1) is 26.6. The van der Waals surface area contributed by atoms with E-state index in [2.05, 4.69) is 20.9 Å². The van der Waals surface area contributed by atoms with Crippen LogP contribution >= 0.6 is 11.3 Å². The van der Waals surface area contributed by atoms with Gasteiger partial charge in [-0.25, -0.2) is 4.98 Å². The topological polar surface area (TPSA) is 138 Å². The van der Waals surface area contributed by atoms with Crippen molar-refractivity contribution in [2.45, 2.75) is 69.5 Å². The zero-order valence-electron chi connectivity index (χ0n) is 22.2. The molecule has 2 saturated heterocycles. The summed E-state index contributed by atoms with van der Waals surface area (Å²) < 4.78 is 0. The second-order valence-corrected chi connectivity index (χ2v) is 12.4. The summed E-state index contributed by atoms with van der Waals surface area (Å²) in [5.74, 6) is -2.91. The smallest absolute Gasteiger partial charge is 0.289 e. The third-order valence-corrected chi connectivity index (χ3v) is 9.45. The lowest BCUT2D eigenvalue weighted by molar-refractivity contribution is -0.141. The van der Waals surface area contributed by atoms with Gasteiger partial charge in [0.25, 0.3) is 11.8 Å². The molecule has 1 aromatic carbocycles. The largest absolute Gasteiger partial charge is 0.356 e. The highest BCUT2D eigenvalue weighted by molar-refractivity contribution is 7.12. The van der Waals surface area contributed by atoms with Crippen molar-refractivity contribution in [2.24, 2.45) is 11.3 Å². The zero-order chi connectivity index (χ0) is 27.9. The predicted octanol–water partition coefficient (Wildman–Crippen LogP) is 2.05. The van der Waals surface area contributed by atoms with Crippen molar-refractivity contribution in [1.29, 1.82) is 0 Å². The molecule has 3 N–H and O–H groups in total. The second-order valence-electron chi connectivity index (χ2n) is 11.6. The number of carbonyl (C=O) groups excluding carboxylic acids is 5. The van der Waals surface area contributed by atoms with Gasteiger partial charge in [-0.1, -0.05) is 30.3 Å². The third kappa shape index (κ3) is 5.65. The number of nitrogens with one attached hydrogen (secondary N) is 3. The summed E-state index contributed by atoms with van der Waals surface area (Å²) >= 11 is 1.25. The molecule has 0 radical (unpaired) electrons. The number of hydrogen-bond donors (Lipinski definition) is 3. The normalized spacial score (nSPS) is 23.8. The molecule has 3 heterocycles. The van der Waals surface area contributed by atoms with Gasteiger partial charge in [-0.3, -0.25) is 24.0 Å².